The number of amides is 2. The molecule has 33 heavy (non-hydrogen) atoms. The van der Waals surface area contributed by atoms with E-state index in [0.717, 1.165) is 39.3 Å². The predicted octanol–water partition coefficient (Wildman–Crippen LogP) is 6.12. The van der Waals surface area contributed by atoms with Gasteiger partial charge in [-0.25, -0.2) is 4.90 Å². The van der Waals surface area contributed by atoms with Crippen LogP contribution in [0.1, 0.15) is 27.8 Å². The lowest BCUT2D eigenvalue weighted by Crippen LogP contribution is -2.56. The topological polar surface area (TPSA) is 37.4 Å². The summed E-state index contributed by atoms with van der Waals surface area (Å²) in [5.74, 6) is -2.70. The van der Waals surface area contributed by atoms with Gasteiger partial charge in [0, 0.05) is 0 Å². The number of halogens is 5. The van der Waals surface area contributed by atoms with Crippen molar-refractivity contribution < 1.29 is 22.8 Å². The highest BCUT2D eigenvalue weighted by Gasteiger charge is 2.72. The monoisotopic (exact) mass is 575 g/mol. The van der Waals surface area contributed by atoms with Gasteiger partial charge in [0.05, 0.1) is 31.7 Å². The highest BCUT2D eigenvalue weighted by molar-refractivity contribution is 9.10. The molecule has 1 heterocycles. The van der Waals surface area contributed by atoms with E-state index in [2.05, 4.69) is 31.9 Å². The molecule has 3 aliphatic carbocycles. The number of alkyl halides is 5. The molecule has 0 N–H and O–H groups in total. The van der Waals surface area contributed by atoms with E-state index in [9.17, 15) is 22.8 Å². The second-order valence-corrected chi connectivity index (χ2v) is 11.0. The van der Waals surface area contributed by atoms with Crippen molar-refractivity contribution in [3.05, 3.63) is 101 Å². The third-order valence-electron chi connectivity index (χ3n) is 7.02. The van der Waals surface area contributed by atoms with Crippen LogP contribution in [0.25, 0.3) is 0 Å². The molecule has 0 saturated carbocycles. The second-order valence-electron chi connectivity index (χ2n) is 8.53. The van der Waals surface area contributed by atoms with Gasteiger partial charge in [-0.2, -0.15) is 13.2 Å². The number of anilines is 1. The van der Waals surface area contributed by atoms with Crippen LogP contribution in [0, 0.1) is 11.8 Å². The quantitative estimate of drug-likeness (QED) is 0.259. The van der Waals surface area contributed by atoms with Crippen LogP contribution in [-0.2, 0) is 24.4 Å². The van der Waals surface area contributed by atoms with Crippen molar-refractivity contribution in [1.29, 1.82) is 0 Å². The minimum Gasteiger partial charge on any atom is -0.274 e. The van der Waals surface area contributed by atoms with Gasteiger partial charge in [0.25, 0.3) is 0 Å². The highest BCUT2D eigenvalue weighted by atomic mass is 79.9. The van der Waals surface area contributed by atoms with Crippen molar-refractivity contribution in [2.24, 2.45) is 11.8 Å². The first kappa shape index (κ1) is 21.1. The predicted molar refractivity (Wildman–Crippen MR) is 123 cm³/mol. The molecule has 3 aromatic rings. The summed E-state index contributed by atoms with van der Waals surface area (Å²) in [7, 11) is 0. The molecule has 2 atom stereocenters. The SMILES string of the molecule is O=C1[C@@H]2[C@H](C(=O)N1c1cccc(C(F)(F)F)c1)C1(Br)c3ccccc3C2(Br)c2ccccc21. The number of hydrogen-bond donors (Lipinski definition) is 0. The minimum atomic E-state index is -4.59. The van der Waals surface area contributed by atoms with Gasteiger partial charge in [-0.15, -0.1) is 0 Å². The summed E-state index contributed by atoms with van der Waals surface area (Å²) in [5.41, 5.74) is 2.49. The van der Waals surface area contributed by atoms with Gasteiger partial charge in [0.15, 0.2) is 0 Å². The van der Waals surface area contributed by atoms with Gasteiger partial charge >= 0.3 is 6.18 Å². The summed E-state index contributed by atoms with van der Waals surface area (Å²) >= 11 is 7.75. The zero-order valence-corrected chi connectivity index (χ0v) is 19.9. The average molecular weight is 577 g/mol. The Kier molecular flexibility index (Phi) is 4.20. The van der Waals surface area contributed by atoms with E-state index >= 15 is 0 Å². The van der Waals surface area contributed by atoms with Crippen LogP contribution in [0.5, 0.6) is 0 Å². The minimum absolute atomic E-state index is 0.0751. The molecule has 0 spiro atoms. The maximum Gasteiger partial charge on any atom is 0.416 e. The van der Waals surface area contributed by atoms with Crippen LogP contribution in [0.3, 0.4) is 0 Å². The normalized spacial score (nSPS) is 29.7. The first-order valence-corrected chi connectivity index (χ1v) is 11.8. The lowest BCUT2D eigenvalue weighted by molar-refractivity contribution is -0.137. The molecule has 4 aliphatic rings. The van der Waals surface area contributed by atoms with E-state index < -0.39 is 44.0 Å². The fourth-order valence-electron chi connectivity index (χ4n) is 5.74. The Hall–Kier alpha value is -2.45. The van der Waals surface area contributed by atoms with Crippen molar-refractivity contribution in [1.82, 2.24) is 0 Å². The molecule has 3 aromatic carbocycles. The van der Waals surface area contributed by atoms with Crippen molar-refractivity contribution in [3.8, 4) is 0 Å². The van der Waals surface area contributed by atoms with Gasteiger partial charge in [-0.05, 0) is 40.5 Å². The van der Waals surface area contributed by atoms with Gasteiger partial charge in [0.2, 0.25) is 11.8 Å². The number of rotatable bonds is 1. The first-order chi connectivity index (χ1) is 15.6. The molecule has 1 aliphatic heterocycles. The number of hydrogen-bond acceptors (Lipinski definition) is 2. The molecule has 0 radical (unpaired) electrons. The number of carbonyl (C=O) groups excluding carboxylic acids is 2. The van der Waals surface area contributed by atoms with Gasteiger partial charge in [-0.3, -0.25) is 9.59 Å². The zero-order valence-electron chi connectivity index (χ0n) is 16.7. The van der Waals surface area contributed by atoms with Crippen LogP contribution in [-0.4, -0.2) is 11.8 Å². The second kappa shape index (κ2) is 6.57. The summed E-state index contributed by atoms with van der Waals surface area (Å²) in [4.78, 5) is 28.6. The third-order valence-corrected chi connectivity index (χ3v) is 9.71. The van der Waals surface area contributed by atoms with Crippen LogP contribution in [0.2, 0.25) is 0 Å². The summed E-state index contributed by atoms with van der Waals surface area (Å²) < 4.78 is 38.1. The maximum atomic E-state index is 13.8. The molecule has 1 saturated heterocycles. The molecular formula is C25H14Br2F3NO2. The van der Waals surface area contributed by atoms with Crippen molar-refractivity contribution in [2.45, 2.75) is 14.8 Å². The Bertz CT molecular complexity index is 1250. The molecule has 2 bridgehead atoms. The standard InChI is InChI=1S/C25H14Br2F3NO2/c26-23-15-8-1-2-9-16(15)24(27,18-11-4-3-10-17(18)23)20-19(23)21(32)31(22(20)33)14-7-5-6-13(12-14)25(28,29)30/h1-12,19-20H/t19-,20+,23?,24?. The summed E-state index contributed by atoms with van der Waals surface area (Å²) in [6.07, 6.45) is -4.59. The largest absolute Gasteiger partial charge is 0.416 e. The average Bonchev–Trinajstić information content (AvgIpc) is 3.08. The van der Waals surface area contributed by atoms with E-state index in [-0.39, 0.29) is 5.69 Å². The molecule has 0 unspecified atom stereocenters. The molecule has 0 aromatic heterocycles. The number of nitrogens with zero attached hydrogens (tertiary/aromatic N) is 1. The maximum absolute atomic E-state index is 13.8. The van der Waals surface area contributed by atoms with Crippen LogP contribution < -0.4 is 4.90 Å². The molecule has 1 fully saturated rings. The lowest BCUT2D eigenvalue weighted by Gasteiger charge is -2.55. The van der Waals surface area contributed by atoms with Gasteiger partial charge in [0.1, 0.15) is 0 Å². The summed E-state index contributed by atoms with van der Waals surface area (Å²) in [6.45, 7) is 0. The summed E-state index contributed by atoms with van der Waals surface area (Å²) in [6, 6.07) is 19.6. The molecule has 8 heteroatoms. The first-order valence-electron chi connectivity index (χ1n) is 10.2. The van der Waals surface area contributed by atoms with E-state index in [4.69, 9.17) is 0 Å². The number of benzene rings is 3. The number of carbonyl (C=O) groups is 2. The van der Waals surface area contributed by atoms with E-state index in [0.29, 0.717) is 0 Å². The van der Waals surface area contributed by atoms with Crippen LogP contribution >= 0.6 is 31.9 Å². The van der Waals surface area contributed by atoms with Gasteiger partial charge in [-0.1, -0.05) is 86.5 Å². The Labute approximate surface area is 203 Å². The smallest absolute Gasteiger partial charge is 0.274 e. The summed E-state index contributed by atoms with van der Waals surface area (Å²) in [5, 5.41) is 0. The van der Waals surface area contributed by atoms with E-state index in [1.54, 1.807) is 0 Å². The van der Waals surface area contributed by atoms with Crippen LogP contribution in [0.15, 0.2) is 72.8 Å². The Balaban J connectivity index is 1.60. The zero-order chi connectivity index (χ0) is 23.3. The van der Waals surface area contributed by atoms with E-state index in [1.165, 1.54) is 12.1 Å². The van der Waals surface area contributed by atoms with Crippen LogP contribution in [0.4, 0.5) is 18.9 Å². The molecule has 2 amide bonds. The van der Waals surface area contributed by atoms with Crippen molar-refractivity contribution in [3.63, 3.8) is 0 Å². The molecular weight excluding hydrogens is 563 g/mol. The molecule has 7 rings (SSSR count). The Morgan fingerprint density at radius 1 is 0.697 bits per heavy atom. The lowest BCUT2D eigenvalue weighted by atomic mass is 9.54. The Morgan fingerprint density at radius 3 is 1.52 bits per heavy atom. The number of imide groups is 1. The fraction of sp³-hybridized carbons (Fsp3) is 0.200. The molecule has 166 valence electrons. The highest BCUT2D eigenvalue weighted by Crippen LogP contribution is 2.70. The molecule has 3 nitrogen and oxygen atoms in total. The Morgan fingerprint density at radius 2 is 1.12 bits per heavy atom. The fourth-order valence-corrected chi connectivity index (χ4v) is 8.05. The van der Waals surface area contributed by atoms with E-state index in [1.807, 2.05) is 48.5 Å². The third kappa shape index (κ3) is 2.46. The van der Waals surface area contributed by atoms with Crippen molar-refractivity contribution in [2.75, 3.05) is 4.90 Å². The van der Waals surface area contributed by atoms with Gasteiger partial charge < -0.3 is 0 Å². The van der Waals surface area contributed by atoms with Crippen molar-refractivity contribution >= 4 is 49.4 Å².